The van der Waals surface area contributed by atoms with Crippen molar-refractivity contribution in [2.45, 2.75) is 6.92 Å². The first kappa shape index (κ1) is 14.6. The summed E-state index contributed by atoms with van der Waals surface area (Å²) in [4.78, 5) is 11.8. The normalized spacial score (nSPS) is 11.2. The van der Waals surface area contributed by atoms with E-state index in [-0.39, 0.29) is 5.56 Å². The Labute approximate surface area is 130 Å². The number of amides is 1. The molecule has 1 amide bonds. The minimum atomic E-state index is -0.563. The Hall–Kier alpha value is -1.76. The van der Waals surface area contributed by atoms with Gasteiger partial charge in [0.15, 0.2) is 0 Å². The van der Waals surface area contributed by atoms with Gasteiger partial charge in [-0.05, 0) is 59.3 Å². The van der Waals surface area contributed by atoms with Gasteiger partial charge < -0.3 is 0 Å². The molecule has 5 heteroatoms. The largest absolute Gasteiger partial charge is 0.274 e. The van der Waals surface area contributed by atoms with E-state index in [2.05, 4.69) is 33.1 Å². The maximum atomic E-state index is 13.4. The molecule has 0 bridgehead atoms. The standard InChI is InChI=1S/C15H12FIN2O/c1-10(11-6-8-12(17)9-7-11)18-19-15(20)13-4-2-3-5-14(13)16/h2-9H,1H3,(H,19,20)/b18-10-. The monoisotopic (exact) mass is 382 g/mol. The minimum Gasteiger partial charge on any atom is -0.267 e. The minimum absolute atomic E-state index is 0.0216. The summed E-state index contributed by atoms with van der Waals surface area (Å²) in [5.41, 5.74) is 3.90. The molecule has 0 heterocycles. The van der Waals surface area contributed by atoms with Crippen LogP contribution in [0, 0.1) is 9.39 Å². The van der Waals surface area contributed by atoms with Crippen molar-refractivity contribution in [3.8, 4) is 0 Å². The molecule has 0 saturated heterocycles. The van der Waals surface area contributed by atoms with Gasteiger partial charge >= 0.3 is 0 Å². The van der Waals surface area contributed by atoms with Gasteiger partial charge in [-0.15, -0.1) is 0 Å². The third kappa shape index (κ3) is 3.63. The van der Waals surface area contributed by atoms with E-state index in [4.69, 9.17) is 0 Å². The second kappa shape index (κ2) is 6.60. The fourth-order valence-electron chi connectivity index (χ4n) is 1.60. The maximum Gasteiger partial charge on any atom is 0.274 e. The fraction of sp³-hybridized carbons (Fsp3) is 0.0667. The zero-order valence-corrected chi connectivity index (χ0v) is 12.9. The van der Waals surface area contributed by atoms with Gasteiger partial charge in [-0.2, -0.15) is 5.10 Å². The lowest BCUT2D eigenvalue weighted by atomic mass is 10.1. The van der Waals surface area contributed by atoms with Gasteiger partial charge in [0.05, 0.1) is 11.3 Å². The summed E-state index contributed by atoms with van der Waals surface area (Å²) in [5.74, 6) is -1.12. The Kier molecular flexibility index (Phi) is 4.84. The van der Waals surface area contributed by atoms with Gasteiger partial charge in [0.25, 0.3) is 5.91 Å². The quantitative estimate of drug-likeness (QED) is 0.492. The summed E-state index contributed by atoms with van der Waals surface area (Å²) in [6.45, 7) is 1.78. The summed E-state index contributed by atoms with van der Waals surface area (Å²) in [6.07, 6.45) is 0. The molecule has 0 saturated carbocycles. The molecule has 2 rings (SSSR count). The second-order valence-corrected chi connectivity index (χ2v) is 5.37. The molecule has 102 valence electrons. The van der Waals surface area contributed by atoms with E-state index >= 15 is 0 Å². The van der Waals surface area contributed by atoms with Crippen molar-refractivity contribution >= 4 is 34.2 Å². The van der Waals surface area contributed by atoms with Crippen molar-refractivity contribution in [1.82, 2.24) is 5.43 Å². The smallest absolute Gasteiger partial charge is 0.267 e. The number of hydrazone groups is 1. The van der Waals surface area contributed by atoms with Gasteiger partial charge in [0.1, 0.15) is 5.82 Å². The Bertz CT molecular complexity index is 653. The van der Waals surface area contributed by atoms with E-state index in [1.54, 1.807) is 13.0 Å². The van der Waals surface area contributed by atoms with E-state index in [1.165, 1.54) is 18.2 Å². The van der Waals surface area contributed by atoms with Crippen molar-refractivity contribution < 1.29 is 9.18 Å². The molecule has 1 N–H and O–H groups in total. The molecular weight excluding hydrogens is 370 g/mol. The van der Waals surface area contributed by atoms with Crippen LogP contribution < -0.4 is 5.43 Å². The molecule has 2 aromatic carbocycles. The molecule has 0 radical (unpaired) electrons. The Morgan fingerprint density at radius 3 is 2.45 bits per heavy atom. The summed E-state index contributed by atoms with van der Waals surface area (Å²) >= 11 is 2.21. The summed E-state index contributed by atoms with van der Waals surface area (Å²) in [6, 6.07) is 13.5. The van der Waals surface area contributed by atoms with Gasteiger partial charge in [-0.25, -0.2) is 9.82 Å². The first-order chi connectivity index (χ1) is 9.58. The molecule has 3 nitrogen and oxygen atoms in total. The van der Waals surface area contributed by atoms with Crippen LogP contribution in [0.3, 0.4) is 0 Å². The Balaban J connectivity index is 2.11. The molecule has 0 aliphatic heterocycles. The van der Waals surface area contributed by atoms with E-state index in [9.17, 15) is 9.18 Å². The summed E-state index contributed by atoms with van der Waals surface area (Å²) < 4.78 is 14.5. The average Bonchev–Trinajstić information content (AvgIpc) is 2.45. The topological polar surface area (TPSA) is 41.5 Å². The van der Waals surface area contributed by atoms with Crippen molar-refractivity contribution in [2.24, 2.45) is 5.10 Å². The number of hydrogen-bond acceptors (Lipinski definition) is 2. The highest BCUT2D eigenvalue weighted by Gasteiger charge is 2.09. The highest BCUT2D eigenvalue weighted by Crippen LogP contribution is 2.08. The van der Waals surface area contributed by atoms with Crippen LogP contribution in [0.25, 0.3) is 0 Å². The number of nitrogens with one attached hydrogen (secondary N) is 1. The molecule has 0 atom stereocenters. The van der Waals surface area contributed by atoms with E-state index in [0.29, 0.717) is 5.71 Å². The second-order valence-electron chi connectivity index (χ2n) is 4.12. The predicted octanol–water partition coefficient (Wildman–Crippen LogP) is 3.58. The average molecular weight is 382 g/mol. The molecule has 0 aliphatic carbocycles. The van der Waals surface area contributed by atoms with Crippen LogP contribution in [-0.4, -0.2) is 11.6 Å². The van der Waals surface area contributed by atoms with Crippen molar-refractivity contribution in [1.29, 1.82) is 0 Å². The lowest BCUT2D eigenvalue weighted by Crippen LogP contribution is -2.20. The lowest BCUT2D eigenvalue weighted by molar-refractivity contribution is 0.0951. The van der Waals surface area contributed by atoms with Crippen LogP contribution in [0.5, 0.6) is 0 Å². The van der Waals surface area contributed by atoms with E-state index in [1.807, 2.05) is 24.3 Å². The first-order valence-corrected chi connectivity index (χ1v) is 7.01. The van der Waals surface area contributed by atoms with Crippen LogP contribution in [0.15, 0.2) is 53.6 Å². The zero-order chi connectivity index (χ0) is 14.5. The summed E-state index contributed by atoms with van der Waals surface area (Å²) in [5, 5.41) is 3.99. The van der Waals surface area contributed by atoms with E-state index < -0.39 is 11.7 Å². The number of carbonyl (C=O) groups is 1. The lowest BCUT2D eigenvalue weighted by Gasteiger charge is -2.04. The number of rotatable bonds is 3. The highest BCUT2D eigenvalue weighted by molar-refractivity contribution is 14.1. The first-order valence-electron chi connectivity index (χ1n) is 5.93. The van der Waals surface area contributed by atoms with Crippen molar-refractivity contribution in [3.05, 3.63) is 69.0 Å². The van der Waals surface area contributed by atoms with Gasteiger partial charge in [0.2, 0.25) is 0 Å². The van der Waals surface area contributed by atoms with Crippen LogP contribution in [-0.2, 0) is 0 Å². The zero-order valence-electron chi connectivity index (χ0n) is 10.7. The molecule has 0 aliphatic rings. The van der Waals surface area contributed by atoms with Crippen LogP contribution >= 0.6 is 22.6 Å². The number of halogens is 2. The van der Waals surface area contributed by atoms with Gasteiger partial charge in [-0.3, -0.25) is 4.79 Å². The Morgan fingerprint density at radius 2 is 1.80 bits per heavy atom. The number of benzene rings is 2. The molecule has 2 aromatic rings. The number of hydrogen-bond donors (Lipinski definition) is 1. The van der Waals surface area contributed by atoms with E-state index in [0.717, 1.165) is 9.13 Å². The highest BCUT2D eigenvalue weighted by atomic mass is 127. The molecule has 0 unspecified atom stereocenters. The van der Waals surface area contributed by atoms with Gasteiger partial charge in [-0.1, -0.05) is 24.3 Å². The molecular formula is C15H12FIN2O. The third-order valence-electron chi connectivity index (χ3n) is 2.71. The van der Waals surface area contributed by atoms with Crippen LogP contribution in [0.1, 0.15) is 22.8 Å². The predicted molar refractivity (Wildman–Crippen MR) is 85.2 cm³/mol. The molecule has 0 spiro atoms. The van der Waals surface area contributed by atoms with Gasteiger partial charge in [0, 0.05) is 3.57 Å². The van der Waals surface area contributed by atoms with Crippen molar-refractivity contribution in [2.75, 3.05) is 0 Å². The fourth-order valence-corrected chi connectivity index (χ4v) is 1.96. The number of carbonyl (C=O) groups excluding carboxylic acids is 1. The van der Waals surface area contributed by atoms with Crippen LogP contribution in [0.4, 0.5) is 4.39 Å². The SMILES string of the molecule is C/C(=N/NC(=O)c1ccccc1F)c1ccc(I)cc1. The molecule has 0 fully saturated rings. The Morgan fingerprint density at radius 1 is 1.15 bits per heavy atom. The maximum absolute atomic E-state index is 13.4. The van der Waals surface area contributed by atoms with Crippen LogP contribution in [0.2, 0.25) is 0 Å². The molecule has 0 aromatic heterocycles. The van der Waals surface area contributed by atoms with Crippen molar-refractivity contribution in [3.63, 3.8) is 0 Å². The molecule has 20 heavy (non-hydrogen) atoms. The summed E-state index contributed by atoms with van der Waals surface area (Å²) in [7, 11) is 0. The third-order valence-corrected chi connectivity index (χ3v) is 3.42. The number of nitrogens with zero attached hydrogens (tertiary/aromatic N) is 1.